The Balaban J connectivity index is 2.04. The van der Waals surface area contributed by atoms with Gasteiger partial charge in [0.1, 0.15) is 6.04 Å². The Morgan fingerprint density at radius 3 is 2.88 bits per heavy atom. The predicted molar refractivity (Wildman–Crippen MR) is 63.3 cm³/mol. The molecule has 3 heteroatoms. The summed E-state index contributed by atoms with van der Waals surface area (Å²) in [6.07, 6.45) is 4.73. The van der Waals surface area contributed by atoms with Crippen LogP contribution in [-0.4, -0.2) is 35.1 Å². The van der Waals surface area contributed by atoms with Crippen LogP contribution in [0.5, 0.6) is 0 Å². The van der Waals surface area contributed by atoms with Crippen molar-refractivity contribution in [2.24, 2.45) is 17.8 Å². The van der Waals surface area contributed by atoms with E-state index in [0.717, 1.165) is 25.9 Å². The molecule has 92 valence electrons. The van der Waals surface area contributed by atoms with Gasteiger partial charge in [0.2, 0.25) is 0 Å². The maximum Gasteiger partial charge on any atom is 0.321 e. The first-order valence-electron chi connectivity index (χ1n) is 6.60. The molecule has 3 nitrogen and oxygen atoms in total. The normalized spacial score (nSPS) is 36.2. The molecule has 4 unspecified atom stereocenters. The van der Waals surface area contributed by atoms with Gasteiger partial charge in [0, 0.05) is 13.1 Å². The molecule has 1 aliphatic carbocycles. The Hall–Kier alpha value is -0.570. The second-order valence-electron chi connectivity index (χ2n) is 5.61. The lowest BCUT2D eigenvalue weighted by atomic mass is 9.94. The number of fused-ring (bicyclic) bond motifs is 1. The van der Waals surface area contributed by atoms with Crippen LogP contribution >= 0.6 is 0 Å². The highest BCUT2D eigenvalue weighted by Crippen LogP contribution is 2.42. The second kappa shape index (κ2) is 4.74. The summed E-state index contributed by atoms with van der Waals surface area (Å²) in [7, 11) is 0. The topological polar surface area (TPSA) is 40.5 Å². The van der Waals surface area contributed by atoms with E-state index in [4.69, 9.17) is 0 Å². The fraction of sp³-hybridized carbons (Fsp3) is 0.923. The Labute approximate surface area is 97.8 Å². The van der Waals surface area contributed by atoms with Crippen molar-refractivity contribution < 1.29 is 9.90 Å². The molecular weight excluding hydrogens is 202 g/mol. The number of likely N-dealkylation sites (tertiary alicyclic amines) is 1. The predicted octanol–water partition coefficient (Wildman–Crippen LogP) is 2.22. The zero-order chi connectivity index (χ0) is 11.7. The Bertz CT molecular complexity index is 265. The van der Waals surface area contributed by atoms with E-state index < -0.39 is 5.97 Å². The number of nitrogens with zero attached hydrogens (tertiary/aromatic N) is 1. The van der Waals surface area contributed by atoms with Gasteiger partial charge in [-0.1, -0.05) is 26.7 Å². The molecule has 2 rings (SSSR count). The van der Waals surface area contributed by atoms with Crippen molar-refractivity contribution in [2.45, 2.75) is 45.6 Å². The zero-order valence-electron chi connectivity index (χ0n) is 10.4. The Morgan fingerprint density at radius 1 is 1.50 bits per heavy atom. The van der Waals surface area contributed by atoms with Crippen molar-refractivity contribution in [3.05, 3.63) is 0 Å². The second-order valence-corrected chi connectivity index (χ2v) is 5.61. The number of rotatable bonds is 4. The fourth-order valence-electron chi connectivity index (χ4n) is 3.45. The van der Waals surface area contributed by atoms with E-state index in [0.29, 0.717) is 17.8 Å². The molecule has 4 atom stereocenters. The molecular formula is C13H23NO2. The van der Waals surface area contributed by atoms with Crippen molar-refractivity contribution in [1.82, 2.24) is 4.90 Å². The van der Waals surface area contributed by atoms with Crippen LogP contribution in [0.2, 0.25) is 0 Å². The summed E-state index contributed by atoms with van der Waals surface area (Å²) in [5, 5.41) is 9.37. The summed E-state index contributed by atoms with van der Waals surface area (Å²) in [4.78, 5) is 13.6. The number of hydrogen-bond acceptors (Lipinski definition) is 2. The molecule has 0 amide bonds. The summed E-state index contributed by atoms with van der Waals surface area (Å²) in [5.41, 5.74) is 0. The molecule has 0 aromatic rings. The molecule has 0 aromatic carbocycles. The third-order valence-corrected chi connectivity index (χ3v) is 4.48. The van der Waals surface area contributed by atoms with Crippen molar-refractivity contribution in [3.8, 4) is 0 Å². The van der Waals surface area contributed by atoms with E-state index in [1.807, 2.05) is 0 Å². The largest absolute Gasteiger partial charge is 0.480 e. The maximum absolute atomic E-state index is 11.4. The lowest BCUT2D eigenvalue weighted by Crippen LogP contribution is -2.41. The third kappa shape index (κ3) is 2.10. The number of carbonyl (C=O) groups is 1. The molecule has 1 N–H and O–H groups in total. The Kier molecular flexibility index (Phi) is 3.53. The lowest BCUT2D eigenvalue weighted by Gasteiger charge is -2.26. The van der Waals surface area contributed by atoms with E-state index in [1.165, 1.54) is 12.8 Å². The molecule has 1 saturated heterocycles. The van der Waals surface area contributed by atoms with Crippen molar-refractivity contribution in [2.75, 3.05) is 13.1 Å². The van der Waals surface area contributed by atoms with E-state index in [-0.39, 0.29) is 6.04 Å². The van der Waals surface area contributed by atoms with Crippen molar-refractivity contribution in [3.63, 3.8) is 0 Å². The minimum Gasteiger partial charge on any atom is -0.480 e. The van der Waals surface area contributed by atoms with Gasteiger partial charge >= 0.3 is 5.97 Å². The molecule has 0 spiro atoms. The quantitative estimate of drug-likeness (QED) is 0.797. The highest BCUT2D eigenvalue weighted by atomic mass is 16.4. The average Bonchev–Trinajstić information content (AvgIpc) is 2.76. The molecule has 2 aliphatic rings. The average molecular weight is 225 g/mol. The van der Waals surface area contributed by atoms with E-state index in [2.05, 4.69) is 18.7 Å². The summed E-state index contributed by atoms with van der Waals surface area (Å²) < 4.78 is 0. The zero-order valence-corrected chi connectivity index (χ0v) is 10.4. The summed E-state index contributed by atoms with van der Waals surface area (Å²) in [6, 6.07) is -0.193. The van der Waals surface area contributed by atoms with Gasteiger partial charge in [-0.25, -0.2) is 0 Å². The number of carboxylic acids is 1. The van der Waals surface area contributed by atoms with Crippen molar-refractivity contribution in [1.29, 1.82) is 0 Å². The number of aliphatic carboxylic acids is 1. The van der Waals surface area contributed by atoms with Gasteiger partial charge in [-0.3, -0.25) is 9.69 Å². The van der Waals surface area contributed by atoms with Crippen LogP contribution < -0.4 is 0 Å². The molecule has 0 radical (unpaired) electrons. The van der Waals surface area contributed by atoms with Crippen LogP contribution in [0.25, 0.3) is 0 Å². The van der Waals surface area contributed by atoms with Crippen molar-refractivity contribution >= 4 is 5.97 Å². The van der Waals surface area contributed by atoms with E-state index >= 15 is 0 Å². The van der Waals surface area contributed by atoms with Gasteiger partial charge in [0.25, 0.3) is 0 Å². The highest BCUT2D eigenvalue weighted by Gasteiger charge is 2.47. The van der Waals surface area contributed by atoms with E-state index in [9.17, 15) is 9.90 Å². The third-order valence-electron chi connectivity index (χ3n) is 4.48. The van der Waals surface area contributed by atoms with Gasteiger partial charge in [-0.15, -0.1) is 0 Å². The van der Waals surface area contributed by atoms with Gasteiger partial charge < -0.3 is 5.11 Å². The smallest absolute Gasteiger partial charge is 0.321 e. The molecule has 16 heavy (non-hydrogen) atoms. The standard InChI is InChI=1S/C13H23NO2/c1-3-9(2)7-14-8-10-5-4-6-11(10)12(14)13(15)16/h9-12H,3-8H2,1-2H3,(H,15,16). The van der Waals surface area contributed by atoms with Gasteiger partial charge in [-0.05, 0) is 30.6 Å². The monoisotopic (exact) mass is 225 g/mol. The van der Waals surface area contributed by atoms with Gasteiger partial charge in [-0.2, -0.15) is 0 Å². The molecule has 0 aromatic heterocycles. The number of hydrogen-bond donors (Lipinski definition) is 1. The maximum atomic E-state index is 11.4. The van der Waals surface area contributed by atoms with Crippen LogP contribution in [0, 0.1) is 17.8 Å². The first kappa shape index (κ1) is 11.9. The Morgan fingerprint density at radius 2 is 2.25 bits per heavy atom. The van der Waals surface area contributed by atoms with Crippen LogP contribution in [0.3, 0.4) is 0 Å². The molecule has 2 fully saturated rings. The molecule has 0 bridgehead atoms. The lowest BCUT2D eigenvalue weighted by molar-refractivity contribution is -0.143. The van der Waals surface area contributed by atoms with Crippen LogP contribution in [0.4, 0.5) is 0 Å². The van der Waals surface area contributed by atoms with Crippen LogP contribution in [0.15, 0.2) is 0 Å². The van der Waals surface area contributed by atoms with E-state index in [1.54, 1.807) is 0 Å². The van der Waals surface area contributed by atoms with Crippen LogP contribution in [0.1, 0.15) is 39.5 Å². The summed E-state index contributed by atoms with van der Waals surface area (Å²) >= 11 is 0. The summed E-state index contributed by atoms with van der Waals surface area (Å²) in [5.74, 6) is 1.10. The first-order valence-corrected chi connectivity index (χ1v) is 6.60. The first-order chi connectivity index (χ1) is 7.63. The fourth-order valence-corrected chi connectivity index (χ4v) is 3.45. The minimum absolute atomic E-state index is 0.193. The molecule has 1 heterocycles. The highest BCUT2D eigenvalue weighted by molar-refractivity contribution is 5.74. The SMILES string of the molecule is CCC(C)CN1CC2CCCC2C1C(=O)O. The minimum atomic E-state index is -0.599. The molecule has 1 saturated carbocycles. The van der Waals surface area contributed by atoms with Gasteiger partial charge in [0.05, 0.1) is 0 Å². The summed E-state index contributed by atoms with van der Waals surface area (Å²) in [6.45, 7) is 6.37. The van der Waals surface area contributed by atoms with Crippen LogP contribution in [-0.2, 0) is 4.79 Å². The molecule has 1 aliphatic heterocycles. The number of carboxylic acid groups (broad SMARTS) is 1. The van der Waals surface area contributed by atoms with Gasteiger partial charge in [0.15, 0.2) is 0 Å².